The van der Waals surface area contributed by atoms with Gasteiger partial charge in [0.2, 0.25) is 16.9 Å². The SMILES string of the molecule is COc1cc(C(c2cc(OC)c(Oc3ccc(N)cc3)c(OC)c2)(C(F)(F)F)C(F)(F)F)cc(OC)c1Oc1ccc(N)cc1. The van der Waals surface area contributed by atoms with E-state index >= 15 is 26.3 Å². The highest BCUT2D eigenvalue weighted by Gasteiger charge is 2.73. The number of rotatable bonds is 10. The minimum atomic E-state index is -5.98. The Kier molecular flexibility index (Phi) is 9.07. The topological polar surface area (TPSA) is 107 Å². The number of hydrogen-bond donors (Lipinski definition) is 2. The molecule has 0 bridgehead atoms. The maximum atomic E-state index is 15.2. The van der Waals surface area contributed by atoms with Crippen molar-refractivity contribution in [1.29, 1.82) is 0 Å². The zero-order valence-corrected chi connectivity index (χ0v) is 24.3. The average molecular weight is 639 g/mol. The Balaban J connectivity index is 2.00. The van der Waals surface area contributed by atoms with Gasteiger partial charge < -0.3 is 39.9 Å². The predicted octanol–water partition coefficient (Wildman–Crippen LogP) is 7.88. The van der Waals surface area contributed by atoms with Crippen LogP contribution in [0.15, 0.2) is 72.8 Å². The van der Waals surface area contributed by atoms with Gasteiger partial charge >= 0.3 is 12.4 Å². The highest BCUT2D eigenvalue weighted by Crippen LogP contribution is 2.60. The summed E-state index contributed by atoms with van der Waals surface area (Å²) in [6.45, 7) is 0. The fourth-order valence-electron chi connectivity index (χ4n) is 4.68. The van der Waals surface area contributed by atoms with Crippen molar-refractivity contribution in [3.8, 4) is 46.0 Å². The normalized spacial score (nSPS) is 12.0. The van der Waals surface area contributed by atoms with Crippen LogP contribution in [0.3, 0.4) is 0 Å². The lowest BCUT2D eigenvalue weighted by atomic mass is 9.72. The van der Waals surface area contributed by atoms with Gasteiger partial charge in [-0.1, -0.05) is 0 Å². The van der Waals surface area contributed by atoms with Gasteiger partial charge in [-0.05, 0) is 83.9 Å². The van der Waals surface area contributed by atoms with Gasteiger partial charge in [0, 0.05) is 11.4 Å². The summed E-state index contributed by atoms with van der Waals surface area (Å²) in [5, 5.41) is 0. The number of benzene rings is 4. The van der Waals surface area contributed by atoms with Crippen LogP contribution in [0.1, 0.15) is 11.1 Å². The smallest absolute Gasteiger partial charge is 0.411 e. The largest absolute Gasteiger partial charge is 0.493 e. The van der Waals surface area contributed by atoms with Crippen molar-refractivity contribution in [3.63, 3.8) is 0 Å². The molecule has 4 N–H and O–H groups in total. The van der Waals surface area contributed by atoms with E-state index in [-0.39, 0.29) is 23.0 Å². The Morgan fingerprint density at radius 3 is 0.956 bits per heavy atom. The van der Waals surface area contributed by atoms with Crippen molar-refractivity contribution in [2.24, 2.45) is 0 Å². The lowest BCUT2D eigenvalue weighted by Crippen LogP contribution is -2.54. The van der Waals surface area contributed by atoms with E-state index < -0.39 is 51.9 Å². The summed E-state index contributed by atoms with van der Waals surface area (Å²) in [6.07, 6.45) is -12.0. The molecule has 4 aromatic rings. The first-order valence-electron chi connectivity index (χ1n) is 12.9. The number of ether oxygens (including phenoxy) is 6. The summed E-state index contributed by atoms with van der Waals surface area (Å²) in [5.74, 6) is -2.09. The van der Waals surface area contributed by atoms with Crippen LogP contribution in [0, 0.1) is 0 Å². The van der Waals surface area contributed by atoms with Crippen molar-refractivity contribution >= 4 is 11.4 Å². The number of nitrogen functional groups attached to an aromatic ring is 2. The summed E-state index contributed by atoms with van der Waals surface area (Å²) in [7, 11) is 4.25. The van der Waals surface area contributed by atoms with Gasteiger partial charge in [0.15, 0.2) is 23.0 Å². The fraction of sp³-hybridized carbons (Fsp3) is 0.226. The first-order valence-corrected chi connectivity index (χ1v) is 12.9. The van der Waals surface area contributed by atoms with Crippen molar-refractivity contribution in [2.75, 3.05) is 39.9 Å². The Bertz CT molecular complexity index is 1470. The van der Waals surface area contributed by atoms with Crippen LogP contribution in [-0.4, -0.2) is 40.8 Å². The van der Waals surface area contributed by atoms with Gasteiger partial charge in [0.05, 0.1) is 28.4 Å². The number of halogens is 6. The fourth-order valence-corrected chi connectivity index (χ4v) is 4.68. The monoisotopic (exact) mass is 638 g/mol. The Labute approximate surface area is 254 Å². The third kappa shape index (κ3) is 6.12. The van der Waals surface area contributed by atoms with Crippen molar-refractivity contribution in [1.82, 2.24) is 0 Å². The van der Waals surface area contributed by atoms with E-state index in [0.717, 1.165) is 28.4 Å². The molecule has 8 nitrogen and oxygen atoms in total. The van der Waals surface area contributed by atoms with Crippen molar-refractivity contribution in [2.45, 2.75) is 17.8 Å². The molecule has 0 aromatic heterocycles. The molecule has 0 radical (unpaired) electrons. The molecule has 4 aromatic carbocycles. The first kappa shape index (κ1) is 32.8. The van der Waals surface area contributed by atoms with Gasteiger partial charge in [0.1, 0.15) is 11.5 Å². The summed E-state index contributed by atoms with van der Waals surface area (Å²) < 4.78 is 123. The summed E-state index contributed by atoms with van der Waals surface area (Å²) in [6, 6.07) is 14.1. The lowest BCUT2D eigenvalue weighted by Gasteiger charge is -2.39. The molecule has 0 heterocycles. The quantitative estimate of drug-likeness (QED) is 0.134. The predicted molar refractivity (Wildman–Crippen MR) is 154 cm³/mol. The zero-order valence-electron chi connectivity index (χ0n) is 24.3. The zero-order chi connectivity index (χ0) is 33.2. The minimum absolute atomic E-state index is 0.164. The molecule has 0 fully saturated rings. The maximum Gasteiger partial charge on any atom is 0.411 e. The molecule has 240 valence electrons. The van der Waals surface area contributed by atoms with E-state index in [1.165, 1.54) is 48.5 Å². The molecule has 0 aliphatic rings. The first-order chi connectivity index (χ1) is 21.2. The van der Waals surface area contributed by atoms with Crippen LogP contribution < -0.4 is 39.9 Å². The Morgan fingerprint density at radius 2 is 0.733 bits per heavy atom. The molecule has 0 amide bonds. The van der Waals surface area contributed by atoms with Crippen LogP contribution in [0.4, 0.5) is 37.7 Å². The summed E-state index contributed by atoms with van der Waals surface area (Å²) in [4.78, 5) is 0. The van der Waals surface area contributed by atoms with Crippen molar-refractivity contribution in [3.05, 3.63) is 83.9 Å². The van der Waals surface area contributed by atoms with Crippen molar-refractivity contribution < 1.29 is 54.8 Å². The minimum Gasteiger partial charge on any atom is -0.493 e. The van der Waals surface area contributed by atoms with Crippen LogP contribution >= 0.6 is 0 Å². The molecule has 0 unspecified atom stereocenters. The van der Waals surface area contributed by atoms with E-state index in [4.69, 9.17) is 39.9 Å². The Hall–Kier alpha value is -5.14. The molecule has 14 heteroatoms. The van der Waals surface area contributed by atoms with E-state index in [0.29, 0.717) is 35.6 Å². The molecule has 45 heavy (non-hydrogen) atoms. The van der Waals surface area contributed by atoms with Gasteiger partial charge in [-0.2, -0.15) is 26.3 Å². The number of hydrogen-bond acceptors (Lipinski definition) is 8. The molecular weight excluding hydrogens is 610 g/mol. The molecule has 0 saturated carbocycles. The van der Waals surface area contributed by atoms with Crippen LogP contribution in [0.5, 0.6) is 46.0 Å². The standard InChI is InChI=1S/C31H28F6N2O6/c1-40-23-13-17(14-24(41-2)27(23)44-21-9-5-19(38)6-10-21)29(30(32,33)34,31(35,36)37)18-15-25(42-3)28(26(16-18)43-4)45-22-11-7-20(39)8-12-22/h5-16H,38-39H2,1-4H3. The van der Waals surface area contributed by atoms with Crippen LogP contribution in [0.2, 0.25) is 0 Å². The number of alkyl halides is 6. The number of methoxy groups -OCH3 is 4. The van der Waals surface area contributed by atoms with E-state index in [1.807, 2.05) is 0 Å². The second-order valence-corrected chi connectivity index (χ2v) is 9.51. The summed E-state index contributed by atoms with van der Waals surface area (Å²) >= 11 is 0. The van der Waals surface area contributed by atoms with Crippen LogP contribution in [-0.2, 0) is 5.41 Å². The summed E-state index contributed by atoms with van der Waals surface area (Å²) in [5.41, 5.74) is 4.94. The average Bonchev–Trinajstić information content (AvgIpc) is 2.98. The molecular formula is C31H28F6N2O6. The van der Waals surface area contributed by atoms with E-state index in [1.54, 1.807) is 0 Å². The molecule has 0 saturated heterocycles. The van der Waals surface area contributed by atoms with Gasteiger partial charge in [-0.25, -0.2) is 0 Å². The van der Waals surface area contributed by atoms with Gasteiger partial charge in [-0.15, -0.1) is 0 Å². The maximum absolute atomic E-state index is 15.2. The van der Waals surface area contributed by atoms with Crippen LogP contribution in [0.25, 0.3) is 0 Å². The molecule has 0 spiro atoms. The third-order valence-electron chi connectivity index (χ3n) is 6.84. The number of anilines is 2. The lowest BCUT2D eigenvalue weighted by molar-refractivity contribution is -0.288. The highest BCUT2D eigenvalue weighted by molar-refractivity contribution is 5.63. The van der Waals surface area contributed by atoms with E-state index in [9.17, 15) is 0 Å². The van der Waals surface area contributed by atoms with Gasteiger partial charge in [-0.3, -0.25) is 0 Å². The highest BCUT2D eigenvalue weighted by atomic mass is 19.4. The molecule has 0 aliphatic carbocycles. The van der Waals surface area contributed by atoms with Gasteiger partial charge in [0.25, 0.3) is 0 Å². The second kappa shape index (κ2) is 12.5. The molecule has 4 rings (SSSR count). The number of nitrogens with two attached hydrogens (primary N) is 2. The third-order valence-corrected chi connectivity index (χ3v) is 6.84. The molecule has 0 atom stereocenters. The Morgan fingerprint density at radius 1 is 0.467 bits per heavy atom. The second-order valence-electron chi connectivity index (χ2n) is 9.51. The van der Waals surface area contributed by atoms with E-state index in [2.05, 4.69) is 0 Å². The molecule has 0 aliphatic heterocycles.